The fourth-order valence-corrected chi connectivity index (χ4v) is 3.86. The molecule has 0 saturated carbocycles. The van der Waals surface area contributed by atoms with Gasteiger partial charge >= 0.3 is 0 Å². The number of nitrogens with one attached hydrogen (secondary N) is 1. The van der Waals surface area contributed by atoms with Gasteiger partial charge in [-0.3, -0.25) is 9.80 Å². The van der Waals surface area contributed by atoms with Crippen LogP contribution in [0.1, 0.15) is 18.2 Å². The lowest BCUT2D eigenvalue weighted by atomic mass is 9.88. The summed E-state index contributed by atoms with van der Waals surface area (Å²) in [6, 6.07) is 5.06. The Labute approximate surface area is 112 Å². The first-order chi connectivity index (χ1) is 9.08. The standard InChI is InChI=1S/C15H18FN3/c1-15-8-18(2)9-19(15)6-5-11-12-7-10(16)3-4-13(12)17-14(11)15/h3-4,7,17H,5-6,8-9H2,1-2H3. The van der Waals surface area contributed by atoms with Gasteiger partial charge in [0.15, 0.2) is 0 Å². The summed E-state index contributed by atoms with van der Waals surface area (Å²) >= 11 is 0. The predicted octanol–water partition coefficient (Wildman–Crippen LogP) is 2.28. The summed E-state index contributed by atoms with van der Waals surface area (Å²) in [7, 11) is 2.16. The molecule has 4 rings (SSSR count). The lowest BCUT2D eigenvalue weighted by Gasteiger charge is -2.38. The van der Waals surface area contributed by atoms with Gasteiger partial charge in [0.25, 0.3) is 0 Å². The molecule has 1 aromatic carbocycles. The van der Waals surface area contributed by atoms with Crippen molar-refractivity contribution in [1.29, 1.82) is 0 Å². The maximum absolute atomic E-state index is 13.5. The van der Waals surface area contributed by atoms with Crippen molar-refractivity contribution in [3.05, 3.63) is 35.3 Å². The summed E-state index contributed by atoms with van der Waals surface area (Å²) in [6.45, 7) is 5.38. The van der Waals surface area contributed by atoms with E-state index in [4.69, 9.17) is 0 Å². The van der Waals surface area contributed by atoms with Crippen molar-refractivity contribution in [2.24, 2.45) is 0 Å². The number of hydrogen-bond donors (Lipinski definition) is 1. The van der Waals surface area contributed by atoms with Crippen molar-refractivity contribution in [3.8, 4) is 0 Å². The first kappa shape index (κ1) is 11.4. The predicted molar refractivity (Wildman–Crippen MR) is 73.5 cm³/mol. The average Bonchev–Trinajstić information content (AvgIpc) is 2.86. The number of fused-ring (bicyclic) bond motifs is 5. The van der Waals surface area contributed by atoms with Crippen molar-refractivity contribution >= 4 is 10.9 Å². The molecule has 100 valence electrons. The zero-order valence-corrected chi connectivity index (χ0v) is 11.3. The fourth-order valence-electron chi connectivity index (χ4n) is 3.86. The maximum Gasteiger partial charge on any atom is 0.123 e. The minimum atomic E-state index is -0.148. The van der Waals surface area contributed by atoms with E-state index < -0.39 is 0 Å². The van der Waals surface area contributed by atoms with Gasteiger partial charge in [0.2, 0.25) is 0 Å². The molecule has 0 amide bonds. The van der Waals surface area contributed by atoms with E-state index in [9.17, 15) is 4.39 Å². The third-order valence-corrected chi connectivity index (χ3v) is 4.73. The van der Waals surface area contributed by atoms with Crippen LogP contribution in [0, 0.1) is 5.82 Å². The number of aromatic amines is 1. The van der Waals surface area contributed by atoms with Crippen LogP contribution < -0.4 is 0 Å². The molecule has 1 N–H and O–H groups in total. The highest BCUT2D eigenvalue weighted by Crippen LogP contribution is 2.41. The highest BCUT2D eigenvalue weighted by molar-refractivity contribution is 5.85. The third kappa shape index (κ3) is 1.44. The van der Waals surface area contributed by atoms with Crippen molar-refractivity contribution in [3.63, 3.8) is 0 Å². The van der Waals surface area contributed by atoms with Crippen molar-refractivity contribution in [2.45, 2.75) is 18.9 Å². The normalized spacial score (nSPS) is 27.7. The molecule has 2 aromatic rings. The van der Waals surface area contributed by atoms with E-state index in [2.05, 4.69) is 28.8 Å². The smallest absolute Gasteiger partial charge is 0.123 e. The second-order valence-corrected chi connectivity index (χ2v) is 6.11. The van der Waals surface area contributed by atoms with Crippen LogP contribution in [0.3, 0.4) is 0 Å². The zero-order valence-electron chi connectivity index (χ0n) is 11.3. The van der Waals surface area contributed by atoms with Crippen LogP contribution in [0.15, 0.2) is 18.2 Å². The second-order valence-electron chi connectivity index (χ2n) is 6.11. The first-order valence-corrected chi connectivity index (χ1v) is 6.82. The number of likely N-dealkylation sites (N-methyl/N-ethyl adjacent to an activating group) is 1. The molecule has 1 saturated heterocycles. The molecule has 3 heterocycles. The SMILES string of the molecule is CN1CN2CCc3c([nH]c4ccc(F)cc34)C2(C)C1. The van der Waals surface area contributed by atoms with Gasteiger partial charge in [0.1, 0.15) is 5.82 Å². The van der Waals surface area contributed by atoms with Crippen LogP contribution in [0.2, 0.25) is 0 Å². The second kappa shape index (κ2) is 3.58. The van der Waals surface area contributed by atoms with Gasteiger partial charge in [-0.15, -0.1) is 0 Å². The van der Waals surface area contributed by atoms with Gasteiger partial charge < -0.3 is 4.98 Å². The largest absolute Gasteiger partial charge is 0.357 e. The summed E-state index contributed by atoms with van der Waals surface area (Å²) in [5.41, 5.74) is 3.69. The molecule has 2 aliphatic heterocycles. The van der Waals surface area contributed by atoms with Crippen molar-refractivity contribution in [2.75, 3.05) is 26.8 Å². The first-order valence-electron chi connectivity index (χ1n) is 6.82. The Morgan fingerprint density at radius 3 is 3.05 bits per heavy atom. The Kier molecular flexibility index (Phi) is 2.16. The Hall–Kier alpha value is -1.39. The average molecular weight is 259 g/mol. The van der Waals surface area contributed by atoms with E-state index >= 15 is 0 Å². The van der Waals surface area contributed by atoms with Gasteiger partial charge in [-0.1, -0.05) is 0 Å². The van der Waals surface area contributed by atoms with E-state index in [-0.39, 0.29) is 11.4 Å². The Bertz CT molecular complexity index is 663. The van der Waals surface area contributed by atoms with Crippen molar-refractivity contribution < 1.29 is 4.39 Å². The number of halogens is 1. The number of benzene rings is 1. The summed E-state index contributed by atoms with van der Waals surface area (Å²) in [5, 5.41) is 1.06. The molecule has 0 spiro atoms. The molecule has 19 heavy (non-hydrogen) atoms. The van der Waals surface area contributed by atoms with E-state index in [1.54, 1.807) is 6.07 Å². The number of rotatable bonds is 0. The number of H-pyrrole nitrogens is 1. The summed E-state index contributed by atoms with van der Waals surface area (Å²) in [5.74, 6) is -0.148. The lowest BCUT2D eigenvalue weighted by molar-refractivity contribution is 0.145. The Morgan fingerprint density at radius 2 is 2.21 bits per heavy atom. The minimum Gasteiger partial charge on any atom is -0.357 e. The maximum atomic E-state index is 13.5. The summed E-state index contributed by atoms with van der Waals surface area (Å²) in [4.78, 5) is 8.40. The van der Waals surface area contributed by atoms with Gasteiger partial charge in [-0.25, -0.2) is 4.39 Å². The van der Waals surface area contributed by atoms with E-state index in [0.29, 0.717) is 0 Å². The fraction of sp³-hybridized carbons (Fsp3) is 0.467. The molecular formula is C15H18FN3. The molecule has 3 nitrogen and oxygen atoms in total. The van der Waals surface area contributed by atoms with Crippen molar-refractivity contribution in [1.82, 2.24) is 14.8 Å². The Morgan fingerprint density at radius 1 is 1.37 bits per heavy atom. The quantitative estimate of drug-likeness (QED) is 0.784. The van der Waals surface area contributed by atoms with Gasteiger partial charge in [0.05, 0.1) is 12.2 Å². The highest BCUT2D eigenvalue weighted by Gasteiger charge is 2.45. The van der Waals surface area contributed by atoms with Gasteiger partial charge in [-0.2, -0.15) is 0 Å². The number of nitrogens with zero attached hydrogens (tertiary/aromatic N) is 2. The van der Waals surface area contributed by atoms with Gasteiger partial charge in [0, 0.05) is 29.7 Å². The zero-order chi connectivity index (χ0) is 13.2. The van der Waals surface area contributed by atoms with Crippen LogP contribution >= 0.6 is 0 Å². The number of aromatic nitrogens is 1. The summed E-state index contributed by atoms with van der Waals surface area (Å²) in [6.07, 6.45) is 1.00. The summed E-state index contributed by atoms with van der Waals surface area (Å²) < 4.78 is 13.5. The third-order valence-electron chi connectivity index (χ3n) is 4.73. The molecule has 4 heteroatoms. The molecule has 1 atom stereocenters. The molecule has 1 fully saturated rings. The molecule has 1 aromatic heterocycles. The van der Waals surface area contributed by atoms with Crippen LogP contribution in [0.4, 0.5) is 4.39 Å². The Balaban J connectivity index is 1.96. The minimum absolute atomic E-state index is 0.0395. The van der Waals surface area contributed by atoms with E-state index in [0.717, 1.165) is 37.1 Å². The molecule has 2 aliphatic rings. The lowest BCUT2D eigenvalue weighted by Crippen LogP contribution is -2.45. The topological polar surface area (TPSA) is 22.3 Å². The molecule has 0 bridgehead atoms. The highest BCUT2D eigenvalue weighted by atomic mass is 19.1. The van der Waals surface area contributed by atoms with Crippen LogP contribution in [-0.2, 0) is 12.0 Å². The molecule has 0 aliphatic carbocycles. The van der Waals surface area contributed by atoms with E-state index in [1.807, 2.05) is 6.07 Å². The van der Waals surface area contributed by atoms with E-state index in [1.165, 1.54) is 17.3 Å². The monoisotopic (exact) mass is 259 g/mol. The molecule has 0 radical (unpaired) electrons. The molecule has 1 unspecified atom stereocenters. The van der Waals surface area contributed by atoms with Gasteiger partial charge in [-0.05, 0) is 44.2 Å². The van der Waals surface area contributed by atoms with Crippen LogP contribution in [0.25, 0.3) is 10.9 Å². The van der Waals surface area contributed by atoms with Crippen LogP contribution in [0.5, 0.6) is 0 Å². The molecular weight excluding hydrogens is 241 g/mol. The number of hydrogen-bond acceptors (Lipinski definition) is 2. The van der Waals surface area contributed by atoms with Crippen LogP contribution in [-0.4, -0.2) is 41.6 Å².